The van der Waals surface area contributed by atoms with E-state index in [0.717, 1.165) is 18.3 Å². The van der Waals surface area contributed by atoms with Gasteiger partial charge in [-0.1, -0.05) is 109 Å². The normalized spacial score (nSPS) is 14.2. The van der Waals surface area contributed by atoms with E-state index < -0.39 is 0 Å². The van der Waals surface area contributed by atoms with Crippen LogP contribution in [0.1, 0.15) is 91.9 Å². The van der Waals surface area contributed by atoms with Crippen molar-refractivity contribution in [1.29, 1.82) is 0 Å². The van der Waals surface area contributed by atoms with E-state index in [9.17, 15) is 0 Å². The molecule has 0 spiro atoms. The predicted molar refractivity (Wildman–Crippen MR) is 197 cm³/mol. The molecule has 0 unspecified atom stereocenters. The molecule has 0 aliphatic heterocycles. The smallest absolute Gasteiger partial charge is 1.00 e. The Morgan fingerprint density at radius 3 is 1.21 bits per heavy atom. The standard InChI is InChI=1S/2C21H21.C3H6.2ClH.Zr/c2*1-15-9-11-17(12-10-15)20-8-4-7-18-13-19(14-21(18)20)16-5-2-3-6-16;1-3-2;;;/h2*4,7-14,16H,2-3,5-6H2,1H3;1-3H2;2*1H;/q2*-1;-2;;;+2/p-2. The summed E-state index contributed by atoms with van der Waals surface area (Å²) >= 11 is 0. The van der Waals surface area contributed by atoms with Crippen LogP contribution in [0, 0.1) is 27.7 Å². The molecule has 0 saturated heterocycles. The first-order chi connectivity index (χ1) is 22.0. The number of rotatable bonds is 4. The van der Waals surface area contributed by atoms with Gasteiger partial charge in [-0.15, -0.1) is 69.1 Å². The number of fused-ring (bicyclic) bond motifs is 2. The Balaban J connectivity index is 0.000000228. The van der Waals surface area contributed by atoms with Gasteiger partial charge in [-0.05, 0) is 62.5 Å². The zero-order valence-electron chi connectivity index (χ0n) is 28.6. The van der Waals surface area contributed by atoms with E-state index in [1.54, 1.807) is 11.1 Å². The van der Waals surface area contributed by atoms with Crippen LogP contribution >= 0.6 is 0 Å². The molecule has 8 rings (SSSR count). The first-order valence-electron chi connectivity index (χ1n) is 17.2. The fourth-order valence-corrected chi connectivity index (χ4v) is 7.48. The van der Waals surface area contributed by atoms with E-state index in [-0.39, 0.29) is 51.0 Å². The predicted octanol–water partition coefficient (Wildman–Crippen LogP) is 7.43. The molecule has 6 aromatic carbocycles. The molecule has 3 heteroatoms. The van der Waals surface area contributed by atoms with Crippen molar-refractivity contribution >= 4 is 21.5 Å². The summed E-state index contributed by atoms with van der Waals surface area (Å²) in [7, 11) is 0. The van der Waals surface area contributed by atoms with Crippen LogP contribution in [0.3, 0.4) is 0 Å². The molecule has 2 aliphatic carbocycles. The zero-order valence-corrected chi connectivity index (χ0v) is 32.6. The molecule has 0 amide bonds. The third-order valence-corrected chi connectivity index (χ3v) is 9.92. The molecule has 0 aromatic heterocycles. The second-order valence-electron chi connectivity index (χ2n) is 13.2. The van der Waals surface area contributed by atoms with Crippen LogP contribution in [-0.2, 0) is 26.2 Å². The Morgan fingerprint density at radius 1 is 0.542 bits per heavy atom. The Hall–Kier alpha value is -2.44. The van der Waals surface area contributed by atoms with Gasteiger partial charge in [-0.25, -0.2) is 0 Å². The van der Waals surface area contributed by atoms with Gasteiger partial charge in [0.05, 0.1) is 0 Å². The van der Waals surface area contributed by atoms with E-state index in [1.165, 1.54) is 106 Å². The van der Waals surface area contributed by atoms with Gasteiger partial charge in [0.15, 0.2) is 0 Å². The topological polar surface area (TPSA) is 0 Å². The minimum atomic E-state index is 0. The molecular weight excluding hydrogens is 703 g/mol. The van der Waals surface area contributed by atoms with Crippen molar-refractivity contribution in [2.45, 2.75) is 83.5 Å². The second kappa shape index (κ2) is 19.1. The quantitative estimate of drug-likeness (QED) is 0.165. The first-order valence-corrected chi connectivity index (χ1v) is 17.2. The maximum Gasteiger partial charge on any atom is 2.00 e. The van der Waals surface area contributed by atoms with Crippen molar-refractivity contribution in [2.24, 2.45) is 0 Å². The minimum absolute atomic E-state index is 0. The molecular formula is C45H48Cl2Zr-4. The van der Waals surface area contributed by atoms with Crippen LogP contribution in [0.15, 0.2) is 109 Å². The summed E-state index contributed by atoms with van der Waals surface area (Å²) in [6.07, 6.45) is 11.8. The summed E-state index contributed by atoms with van der Waals surface area (Å²) in [5.41, 5.74) is 11.2. The largest absolute Gasteiger partial charge is 2.00 e. The molecule has 48 heavy (non-hydrogen) atoms. The molecule has 0 bridgehead atoms. The van der Waals surface area contributed by atoms with Gasteiger partial charge in [-0.2, -0.15) is 12.1 Å². The maximum atomic E-state index is 3.38. The minimum Gasteiger partial charge on any atom is -1.00 e. The summed E-state index contributed by atoms with van der Waals surface area (Å²) in [5, 5.41) is 5.64. The molecule has 0 heterocycles. The van der Waals surface area contributed by atoms with Crippen LogP contribution in [-0.4, -0.2) is 0 Å². The molecule has 250 valence electrons. The fraction of sp³-hybridized carbons (Fsp3) is 0.289. The van der Waals surface area contributed by atoms with Crippen molar-refractivity contribution in [3.63, 3.8) is 0 Å². The van der Waals surface area contributed by atoms with Crippen LogP contribution in [0.5, 0.6) is 0 Å². The molecule has 0 radical (unpaired) electrons. The zero-order chi connectivity index (χ0) is 31.2. The second-order valence-corrected chi connectivity index (χ2v) is 13.2. The number of aryl methyl sites for hydroxylation is 2. The van der Waals surface area contributed by atoms with Crippen molar-refractivity contribution in [3.05, 3.63) is 145 Å². The molecule has 0 N–H and O–H groups in total. The first kappa shape index (κ1) is 40.0. The summed E-state index contributed by atoms with van der Waals surface area (Å²) < 4.78 is 0. The average molecular weight is 751 g/mol. The monoisotopic (exact) mass is 748 g/mol. The van der Waals surface area contributed by atoms with Crippen LogP contribution in [0.25, 0.3) is 43.8 Å². The number of benzene rings is 4. The van der Waals surface area contributed by atoms with Crippen LogP contribution in [0.4, 0.5) is 0 Å². The molecule has 2 fully saturated rings. The third kappa shape index (κ3) is 9.41. The number of hydrogen-bond acceptors (Lipinski definition) is 0. The summed E-state index contributed by atoms with van der Waals surface area (Å²) in [6.45, 7) is 11.0. The Kier molecular flexibility index (Phi) is 15.9. The van der Waals surface area contributed by atoms with Gasteiger partial charge in [0, 0.05) is 0 Å². The molecule has 2 aliphatic rings. The van der Waals surface area contributed by atoms with Crippen molar-refractivity contribution in [3.8, 4) is 22.3 Å². The van der Waals surface area contributed by atoms with Crippen molar-refractivity contribution in [1.82, 2.24) is 0 Å². The Labute approximate surface area is 321 Å². The summed E-state index contributed by atoms with van der Waals surface area (Å²) in [6, 6.07) is 40.9. The number of hydrogen-bond donors (Lipinski definition) is 0. The fourth-order valence-electron chi connectivity index (χ4n) is 7.48. The summed E-state index contributed by atoms with van der Waals surface area (Å²) in [4.78, 5) is 0. The SMILES string of the molecule is Cc1ccc(-c2cccc3[cH-]c(C4CCCC4)cc23)cc1.Cc1ccc(-c2cccc3[cH-]c(C4CCCC4)cc23)cc1.[CH2-]C[CH2-].[Cl-].[Cl-].[Zr+2]. The van der Waals surface area contributed by atoms with Crippen LogP contribution < -0.4 is 24.8 Å². The van der Waals surface area contributed by atoms with Crippen molar-refractivity contribution < 1.29 is 51.0 Å². The maximum absolute atomic E-state index is 3.38. The van der Waals surface area contributed by atoms with Gasteiger partial charge < -0.3 is 45.1 Å². The van der Waals surface area contributed by atoms with E-state index in [0.29, 0.717) is 0 Å². The van der Waals surface area contributed by atoms with E-state index in [2.05, 4.69) is 137 Å². The van der Waals surface area contributed by atoms with E-state index in [4.69, 9.17) is 0 Å². The third-order valence-electron chi connectivity index (χ3n) is 9.92. The van der Waals surface area contributed by atoms with E-state index in [1.807, 2.05) is 0 Å². The van der Waals surface area contributed by atoms with Gasteiger partial charge in [0.25, 0.3) is 0 Å². The molecule has 0 nitrogen and oxygen atoms in total. The Morgan fingerprint density at radius 2 is 0.875 bits per heavy atom. The molecule has 0 atom stereocenters. The van der Waals surface area contributed by atoms with Crippen molar-refractivity contribution in [2.75, 3.05) is 0 Å². The van der Waals surface area contributed by atoms with E-state index >= 15 is 0 Å². The Bertz CT molecular complexity index is 1680. The summed E-state index contributed by atoms with van der Waals surface area (Å²) in [5.74, 6) is 1.59. The number of halogens is 2. The average Bonchev–Trinajstić information content (AvgIpc) is 3.88. The van der Waals surface area contributed by atoms with Gasteiger partial charge >= 0.3 is 26.2 Å². The van der Waals surface area contributed by atoms with Gasteiger partial charge in [-0.3, -0.25) is 0 Å². The van der Waals surface area contributed by atoms with Crippen LogP contribution in [0.2, 0.25) is 0 Å². The van der Waals surface area contributed by atoms with Gasteiger partial charge in [0.1, 0.15) is 0 Å². The molecule has 2 saturated carbocycles. The molecule has 6 aromatic rings. The van der Waals surface area contributed by atoms with Gasteiger partial charge in [0.2, 0.25) is 0 Å².